The molecular weight excluding hydrogens is 268 g/mol. The number of pyridine rings is 1. The lowest BCUT2D eigenvalue weighted by molar-refractivity contribution is -0.660. The highest BCUT2D eigenvalue weighted by Gasteiger charge is 2.28. The Morgan fingerprint density at radius 1 is 0.955 bits per heavy atom. The average molecular weight is 285 g/mol. The van der Waals surface area contributed by atoms with Crippen LogP contribution in [0.4, 0.5) is 0 Å². The molecule has 0 saturated heterocycles. The van der Waals surface area contributed by atoms with Gasteiger partial charge in [-0.2, -0.15) is 0 Å². The van der Waals surface area contributed by atoms with Crippen LogP contribution < -0.4 is 4.57 Å². The smallest absolute Gasteiger partial charge is 0.219 e. The lowest BCUT2D eigenvalue weighted by atomic mass is 9.95. The summed E-state index contributed by atoms with van der Waals surface area (Å²) < 4.78 is 4.74. The summed E-state index contributed by atoms with van der Waals surface area (Å²) >= 11 is 0. The molecule has 1 aliphatic rings. The van der Waals surface area contributed by atoms with E-state index in [2.05, 4.69) is 77.8 Å². The van der Waals surface area contributed by atoms with E-state index in [1.807, 2.05) is 0 Å². The molecule has 0 N–H and O–H groups in total. The Morgan fingerprint density at radius 3 is 2.73 bits per heavy atom. The van der Waals surface area contributed by atoms with E-state index in [1.165, 1.54) is 44.2 Å². The highest BCUT2D eigenvalue weighted by molar-refractivity contribution is 6.13. The molecule has 0 unspecified atom stereocenters. The number of aryl methyl sites for hydroxylation is 2. The van der Waals surface area contributed by atoms with E-state index in [9.17, 15) is 0 Å². The lowest BCUT2D eigenvalue weighted by Gasteiger charge is -2.19. The summed E-state index contributed by atoms with van der Waals surface area (Å²) in [5.74, 6) is 0. The van der Waals surface area contributed by atoms with E-state index in [4.69, 9.17) is 0 Å². The summed E-state index contributed by atoms with van der Waals surface area (Å²) in [6.07, 6.45) is 2.15. The number of rotatable bonds is 0. The summed E-state index contributed by atoms with van der Waals surface area (Å²) in [6, 6.07) is 17.7. The Hall–Kier alpha value is -2.61. The Morgan fingerprint density at radius 2 is 1.82 bits per heavy atom. The average Bonchev–Trinajstić information content (AvgIpc) is 2.85. The first-order valence-electron chi connectivity index (χ1n) is 7.74. The molecule has 0 aliphatic carbocycles. The standard InChI is InChI=1S/C20H17N2/c1-13-9-10-16-15-7-3-4-8-17(15)22-12-14-6-5-11-21(2)19(14)18(13)20(16)22/h3-11H,12H2,1-2H3/q+1. The molecule has 2 nitrogen and oxygen atoms in total. The zero-order valence-electron chi connectivity index (χ0n) is 12.8. The Kier molecular flexibility index (Phi) is 2.17. The van der Waals surface area contributed by atoms with Crippen LogP contribution in [0, 0.1) is 6.92 Å². The molecule has 0 radical (unpaired) electrons. The van der Waals surface area contributed by atoms with Crippen LogP contribution in [0.5, 0.6) is 0 Å². The molecule has 1 aliphatic heterocycles. The number of fused-ring (bicyclic) bond motifs is 5. The molecule has 2 aromatic heterocycles. The Bertz CT molecular complexity index is 1070. The van der Waals surface area contributed by atoms with E-state index < -0.39 is 0 Å². The minimum absolute atomic E-state index is 0.949. The molecule has 0 amide bonds. The van der Waals surface area contributed by atoms with E-state index in [0.717, 1.165) is 6.54 Å². The van der Waals surface area contributed by atoms with Gasteiger partial charge in [-0.15, -0.1) is 0 Å². The van der Waals surface area contributed by atoms with E-state index in [1.54, 1.807) is 0 Å². The molecule has 0 atom stereocenters. The number of hydrogen-bond acceptors (Lipinski definition) is 0. The van der Waals surface area contributed by atoms with Gasteiger partial charge < -0.3 is 4.57 Å². The molecule has 106 valence electrons. The maximum absolute atomic E-state index is 2.48. The maximum atomic E-state index is 2.48. The first-order valence-corrected chi connectivity index (χ1v) is 7.74. The molecule has 22 heavy (non-hydrogen) atoms. The fourth-order valence-electron chi connectivity index (χ4n) is 4.01. The summed E-state index contributed by atoms with van der Waals surface area (Å²) in [5.41, 5.74) is 8.21. The largest absolute Gasteiger partial charge is 0.335 e. The topological polar surface area (TPSA) is 8.81 Å². The number of para-hydroxylation sites is 1. The van der Waals surface area contributed by atoms with Gasteiger partial charge >= 0.3 is 0 Å². The van der Waals surface area contributed by atoms with Gasteiger partial charge in [-0.3, -0.25) is 0 Å². The van der Waals surface area contributed by atoms with Gasteiger partial charge in [0.2, 0.25) is 5.69 Å². The molecule has 0 spiro atoms. The molecular formula is C20H17N2+. The summed E-state index contributed by atoms with van der Waals surface area (Å²) in [7, 11) is 2.15. The van der Waals surface area contributed by atoms with Crippen molar-refractivity contribution in [3.63, 3.8) is 0 Å². The van der Waals surface area contributed by atoms with Gasteiger partial charge in [-0.1, -0.05) is 30.3 Å². The SMILES string of the molecule is Cc1ccc2c3ccccc3n3c2c1-c1c(ccc[n+]1C)C3. The normalized spacial score (nSPS) is 12.8. The molecule has 0 saturated carbocycles. The van der Waals surface area contributed by atoms with Crippen molar-refractivity contribution in [2.75, 3.05) is 0 Å². The number of benzene rings is 2. The number of aromatic nitrogens is 2. The molecule has 2 heteroatoms. The van der Waals surface area contributed by atoms with Gasteiger partial charge in [0.15, 0.2) is 6.20 Å². The third-order valence-corrected chi connectivity index (χ3v) is 4.97. The monoisotopic (exact) mass is 285 g/mol. The van der Waals surface area contributed by atoms with Crippen LogP contribution in [-0.2, 0) is 13.6 Å². The quantitative estimate of drug-likeness (QED) is 0.381. The van der Waals surface area contributed by atoms with Gasteiger partial charge in [-0.05, 0) is 24.6 Å². The minimum atomic E-state index is 0.949. The second-order valence-corrected chi connectivity index (χ2v) is 6.25. The Labute approximate surface area is 129 Å². The lowest BCUT2D eigenvalue weighted by Crippen LogP contribution is -2.33. The van der Waals surface area contributed by atoms with Crippen molar-refractivity contribution in [1.29, 1.82) is 0 Å². The van der Waals surface area contributed by atoms with Crippen LogP contribution in [-0.4, -0.2) is 4.57 Å². The van der Waals surface area contributed by atoms with Crippen LogP contribution in [0.15, 0.2) is 54.7 Å². The first kappa shape index (κ1) is 12.0. The molecule has 2 aromatic carbocycles. The zero-order chi connectivity index (χ0) is 14.8. The predicted molar refractivity (Wildman–Crippen MR) is 89.9 cm³/mol. The van der Waals surface area contributed by atoms with Gasteiger partial charge in [0.25, 0.3) is 0 Å². The second kappa shape index (κ2) is 3.98. The van der Waals surface area contributed by atoms with Crippen LogP contribution in [0.25, 0.3) is 33.1 Å². The number of hydrogen-bond donors (Lipinski definition) is 0. The third kappa shape index (κ3) is 1.32. The molecule has 4 aromatic rings. The second-order valence-electron chi connectivity index (χ2n) is 6.25. The van der Waals surface area contributed by atoms with Crippen molar-refractivity contribution in [3.05, 3.63) is 65.9 Å². The molecule has 0 fully saturated rings. The minimum Gasteiger partial charge on any atom is -0.335 e. The molecule has 5 rings (SSSR count). The van der Waals surface area contributed by atoms with Gasteiger partial charge in [0, 0.05) is 27.9 Å². The molecule has 0 bridgehead atoms. The van der Waals surface area contributed by atoms with Crippen molar-refractivity contribution in [2.45, 2.75) is 13.5 Å². The van der Waals surface area contributed by atoms with Crippen LogP contribution in [0.2, 0.25) is 0 Å². The maximum Gasteiger partial charge on any atom is 0.219 e. The van der Waals surface area contributed by atoms with E-state index >= 15 is 0 Å². The van der Waals surface area contributed by atoms with Crippen molar-refractivity contribution < 1.29 is 4.57 Å². The Balaban J connectivity index is 2.09. The van der Waals surface area contributed by atoms with Crippen LogP contribution in [0.1, 0.15) is 11.1 Å². The van der Waals surface area contributed by atoms with Gasteiger partial charge in [0.05, 0.1) is 17.6 Å². The molecule has 3 heterocycles. The van der Waals surface area contributed by atoms with Crippen LogP contribution in [0.3, 0.4) is 0 Å². The summed E-state index contributed by atoms with van der Waals surface area (Å²) in [4.78, 5) is 0. The van der Waals surface area contributed by atoms with Gasteiger partial charge in [-0.25, -0.2) is 4.57 Å². The van der Waals surface area contributed by atoms with E-state index in [0.29, 0.717) is 0 Å². The van der Waals surface area contributed by atoms with Crippen molar-refractivity contribution >= 4 is 21.8 Å². The summed E-state index contributed by atoms with van der Waals surface area (Å²) in [6.45, 7) is 3.17. The zero-order valence-corrected chi connectivity index (χ0v) is 12.8. The van der Waals surface area contributed by atoms with Crippen LogP contribution >= 0.6 is 0 Å². The highest BCUT2D eigenvalue weighted by atomic mass is 15.0. The van der Waals surface area contributed by atoms with Crippen molar-refractivity contribution in [1.82, 2.24) is 4.57 Å². The third-order valence-electron chi connectivity index (χ3n) is 4.97. The van der Waals surface area contributed by atoms with Crippen molar-refractivity contribution in [2.24, 2.45) is 7.05 Å². The van der Waals surface area contributed by atoms with Crippen molar-refractivity contribution in [3.8, 4) is 11.3 Å². The summed E-state index contributed by atoms with van der Waals surface area (Å²) in [5, 5.41) is 2.72. The van der Waals surface area contributed by atoms with Gasteiger partial charge in [0.1, 0.15) is 7.05 Å². The number of nitrogens with zero attached hydrogens (tertiary/aromatic N) is 2. The fraction of sp³-hybridized carbons (Fsp3) is 0.150. The van der Waals surface area contributed by atoms with E-state index in [-0.39, 0.29) is 0 Å². The highest BCUT2D eigenvalue weighted by Crippen LogP contribution is 2.41. The fourth-order valence-corrected chi connectivity index (χ4v) is 4.01. The predicted octanol–water partition coefficient (Wildman–Crippen LogP) is 3.96. The first-order chi connectivity index (χ1) is 10.8.